The Kier molecular flexibility index (Phi) is 4.53. The van der Waals surface area contributed by atoms with Crippen molar-refractivity contribution in [3.63, 3.8) is 0 Å². The first-order valence-corrected chi connectivity index (χ1v) is 8.13. The highest BCUT2D eigenvalue weighted by Gasteiger charge is 2.32. The molecule has 7 nitrogen and oxygen atoms in total. The lowest BCUT2D eigenvalue weighted by atomic mass is 9.91. The van der Waals surface area contributed by atoms with Crippen LogP contribution in [0.3, 0.4) is 0 Å². The number of piperidine rings is 1. The molecule has 0 aliphatic carbocycles. The molecule has 1 aliphatic heterocycles. The van der Waals surface area contributed by atoms with E-state index in [2.05, 4.69) is 4.98 Å². The summed E-state index contributed by atoms with van der Waals surface area (Å²) in [5.41, 5.74) is 1.68. The zero-order valence-electron chi connectivity index (χ0n) is 13.9. The number of para-hydroxylation sites is 1. The van der Waals surface area contributed by atoms with Gasteiger partial charge in [0, 0.05) is 44.5 Å². The van der Waals surface area contributed by atoms with E-state index in [9.17, 15) is 15.2 Å². The van der Waals surface area contributed by atoms with Crippen LogP contribution in [-0.4, -0.2) is 32.7 Å². The standard InChI is InChI=1S/C17H22N4O3/c1-12-5-3-7-14(21(23)24)15(12)20-9-4-6-13(11-20)16(22)17-18-8-10-19(17)2/h3,5,7-8,10,13,16,22H,4,6,9,11H2,1-2H3. The second kappa shape index (κ2) is 6.60. The average molecular weight is 330 g/mol. The third-order valence-corrected chi connectivity index (χ3v) is 4.76. The highest BCUT2D eigenvalue weighted by Crippen LogP contribution is 2.37. The molecule has 1 N–H and O–H groups in total. The maximum Gasteiger partial charge on any atom is 0.292 e. The van der Waals surface area contributed by atoms with Gasteiger partial charge in [0.1, 0.15) is 17.6 Å². The molecule has 2 atom stereocenters. The molecule has 2 heterocycles. The van der Waals surface area contributed by atoms with Gasteiger partial charge in [0.05, 0.1) is 4.92 Å². The fourth-order valence-corrected chi connectivity index (χ4v) is 3.55. The lowest BCUT2D eigenvalue weighted by molar-refractivity contribution is -0.384. The van der Waals surface area contributed by atoms with E-state index in [1.165, 1.54) is 0 Å². The molecule has 3 rings (SSSR count). The monoisotopic (exact) mass is 330 g/mol. The smallest absolute Gasteiger partial charge is 0.292 e. The number of nitro groups is 1. The SMILES string of the molecule is Cc1cccc([N+](=O)[O-])c1N1CCCC(C(O)c2nccn2C)C1. The summed E-state index contributed by atoms with van der Waals surface area (Å²) < 4.78 is 1.82. The van der Waals surface area contributed by atoms with Gasteiger partial charge in [-0.05, 0) is 25.3 Å². The zero-order valence-corrected chi connectivity index (χ0v) is 13.9. The number of hydrogen-bond donors (Lipinski definition) is 1. The maximum atomic E-state index is 11.4. The number of anilines is 1. The molecule has 0 spiro atoms. The summed E-state index contributed by atoms with van der Waals surface area (Å²) >= 11 is 0. The molecule has 1 fully saturated rings. The van der Waals surface area contributed by atoms with Gasteiger partial charge in [0.2, 0.25) is 0 Å². The van der Waals surface area contributed by atoms with Crippen molar-refractivity contribution in [2.45, 2.75) is 25.9 Å². The molecule has 1 aliphatic rings. The van der Waals surface area contributed by atoms with Gasteiger partial charge in [-0.2, -0.15) is 0 Å². The van der Waals surface area contributed by atoms with Gasteiger partial charge in [-0.3, -0.25) is 10.1 Å². The Morgan fingerprint density at radius 1 is 1.46 bits per heavy atom. The molecule has 0 bridgehead atoms. The predicted molar refractivity (Wildman–Crippen MR) is 90.9 cm³/mol. The minimum absolute atomic E-state index is 0.000870. The van der Waals surface area contributed by atoms with Crippen LogP contribution in [0.2, 0.25) is 0 Å². The van der Waals surface area contributed by atoms with Crippen LogP contribution in [-0.2, 0) is 7.05 Å². The molecule has 0 saturated carbocycles. The Bertz CT molecular complexity index is 743. The second-order valence-corrected chi connectivity index (χ2v) is 6.39. The fourth-order valence-electron chi connectivity index (χ4n) is 3.55. The van der Waals surface area contributed by atoms with Crippen molar-refractivity contribution in [1.82, 2.24) is 9.55 Å². The number of aromatic nitrogens is 2. The van der Waals surface area contributed by atoms with E-state index in [1.54, 1.807) is 18.3 Å². The Morgan fingerprint density at radius 2 is 2.25 bits per heavy atom. The number of hydrogen-bond acceptors (Lipinski definition) is 5. The minimum atomic E-state index is -0.670. The summed E-state index contributed by atoms with van der Waals surface area (Å²) in [5.74, 6) is 0.639. The fraction of sp³-hybridized carbons (Fsp3) is 0.471. The molecule has 7 heteroatoms. The van der Waals surface area contributed by atoms with Gasteiger partial charge < -0.3 is 14.6 Å². The van der Waals surface area contributed by atoms with Crippen molar-refractivity contribution in [2.24, 2.45) is 13.0 Å². The first kappa shape index (κ1) is 16.4. The molecule has 0 amide bonds. The van der Waals surface area contributed by atoms with Gasteiger partial charge >= 0.3 is 0 Å². The Hall–Kier alpha value is -2.41. The number of benzene rings is 1. The third kappa shape index (κ3) is 2.99. The predicted octanol–water partition coefficient (Wildman–Crippen LogP) is 2.59. The van der Waals surface area contributed by atoms with Crippen molar-refractivity contribution in [1.29, 1.82) is 0 Å². The second-order valence-electron chi connectivity index (χ2n) is 6.39. The van der Waals surface area contributed by atoms with Crippen LogP contribution in [0.5, 0.6) is 0 Å². The van der Waals surface area contributed by atoms with Crippen molar-refractivity contribution >= 4 is 11.4 Å². The van der Waals surface area contributed by atoms with Gasteiger partial charge in [-0.15, -0.1) is 0 Å². The van der Waals surface area contributed by atoms with E-state index in [0.29, 0.717) is 18.1 Å². The van der Waals surface area contributed by atoms with E-state index < -0.39 is 6.10 Å². The summed E-state index contributed by atoms with van der Waals surface area (Å²) in [6.45, 7) is 3.23. The minimum Gasteiger partial charge on any atom is -0.385 e. The topological polar surface area (TPSA) is 84.4 Å². The number of nitro benzene ring substituents is 1. The Labute approximate surface area is 140 Å². The van der Waals surface area contributed by atoms with Gasteiger partial charge in [-0.25, -0.2) is 4.98 Å². The molecule has 24 heavy (non-hydrogen) atoms. The molecular weight excluding hydrogens is 308 g/mol. The van der Waals surface area contributed by atoms with Crippen LogP contribution >= 0.6 is 0 Å². The van der Waals surface area contributed by atoms with Crippen molar-refractivity contribution in [3.8, 4) is 0 Å². The molecule has 1 aromatic carbocycles. The van der Waals surface area contributed by atoms with E-state index in [0.717, 1.165) is 24.9 Å². The van der Waals surface area contributed by atoms with Crippen molar-refractivity contribution in [3.05, 3.63) is 52.1 Å². The van der Waals surface area contributed by atoms with Crippen LogP contribution in [0.15, 0.2) is 30.6 Å². The summed E-state index contributed by atoms with van der Waals surface area (Å²) in [4.78, 5) is 17.3. The number of nitrogens with zero attached hydrogens (tertiary/aromatic N) is 4. The summed E-state index contributed by atoms with van der Waals surface area (Å²) in [6, 6.07) is 5.14. The van der Waals surface area contributed by atoms with E-state index >= 15 is 0 Å². The van der Waals surface area contributed by atoms with Crippen LogP contribution in [0, 0.1) is 23.0 Å². The van der Waals surface area contributed by atoms with Gasteiger partial charge in [0.25, 0.3) is 5.69 Å². The molecule has 128 valence electrons. The van der Waals surface area contributed by atoms with Crippen molar-refractivity contribution in [2.75, 3.05) is 18.0 Å². The van der Waals surface area contributed by atoms with Crippen LogP contribution in [0.1, 0.15) is 30.3 Å². The Balaban J connectivity index is 1.87. The average Bonchev–Trinajstić information content (AvgIpc) is 3.00. The first-order chi connectivity index (χ1) is 11.5. The molecule has 2 aromatic rings. The lowest BCUT2D eigenvalue weighted by Crippen LogP contribution is -2.39. The number of aryl methyl sites for hydroxylation is 2. The largest absolute Gasteiger partial charge is 0.385 e. The highest BCUT2D eigenvalue weighted by molar-refractivity contribution is 5.67. The molecule has 1 saturated heterocycles. The normalized spacial score (nSPS) is 19.3. The van der Waals surface area contributed by atoms with E-state index in [1.807, 2.05) is 35.7 Å². The Morgan fingerprint density at radius 3 is 2.92 bits per heavy atom. The number of aliphatic hydroxyl groups is 1. The number of imidazole rings is 1. The molecule has 1 aromatic heterocycles. The van der Waals surface area contributed by atoms with E-state index in [-0.39, 0.29) is 16.5 Å². The summed E-state index contributed by atoms with van der Waals surface area (Å²) in [7, 11) is 1.86. The van der Waals surface area contributed by atoms with Gasteiger partial charge in [0.15, 0.2) is 0 Å². The van der Waals surface area contributed by atoms with Crippen LogP contribution < -0.4 is 4.90 Å². The third-order valence-electron chi connectivity index (χ3n) is 4.76. The lowest BCUT2D eigenvalue weighted by Gasteiger charge is -2.36. The van der Waals surface area contributed by atoms with Gasteiger partial charge in [-0.1, -0.05) is 12.1 Å². The zero-order chi connectivity index (χ0) is 17.3. The number of rotatable bonds is 4. The number of aliphatic hydroxyl groups excluding tert-OH is 1. The van der Waals surface area contributed by atoms with Crippen molar-refractivity contribution < 1.29 is 10.0 Å². The molecule has 2 unspecified atom stereocenters. The molecular formula is C17H22N4O3. The summed E-state index contributed by atoms with van der Waals surface area (Å²) in [5, 5.41) is 22.1. The van der Waals surface area contributed by atoms with E-state index in [4.69, 9.17) is 0 Å². The molecule has 0 radical (unpaired) electrons. The van der Waals surface area contributed by atoms with Crippen LogP contribution in [0.25, 0.3) is 0 Å². The highest BCUT2D eigenvalue weighted by atomic mass is 16.6. The van der Waals surface area contributed by atoms with Crippen LogP contribution in [0.4, 0.5) is 11.4 Å². The summed E-state index contributed by atoms with van der Waals surface area (Å²) in [6.07, 6.45) is 4.58. The maximum absolute atomic E-state index is 11.4. The quantitative estimate of drug-likeness (QED) is 0.688. The first-order valence-electron chi connectivity index (χ1n) is 8.13.